The monoisotopic (exact) mass is 312 g/mol. The number of rotatable bonds is 4. The number of carboxylic acids is 1. The van der Waals surface area contributed by atoms with E-state index in [1.807, 2.05) is 0 Å². The highest BCUT2D eigenvalue weighted by atomic mass is 32.2. The van der Waals surface area contributed by atoms with Crippen LogP contribution in [0, 0.1) is 5.92 Å². The smallest absolute Gasteiger partial charge is 0.335 e. The fourth-order valence-electron chi connectivity index (χ4n) is 2.14. The second kappa shape index (κ2) is 6.13. The van der Waals surface area contributed by atoms with Crippen molar-refractivity contribution in [3.05, 3.63) is 29.8 Å². The largest absolute Gasteiger partial charge is 0.478 e. The Morgan fingerprint density at radius 2 is 1.90 bits per heavy atom. The third kappa shape index (κ3) is 4.45. The molecule has 1 unspecified atom stereocenters. The molecule has 3 N–H and O–H groups in total. The third-order valence-corrected chi connectivity index (χ3v) is 5.10. The first-order chi connectivity index (χ1) is 9.85. The number of anilines is 1. The molecule has 2 rings (SSSR count). The molecule has 1 fully saturated rings. The first-order valence-corrected chi connectivity index (χ1v) is 8.26. The van der Waals surface area contributed by atoms with Crippen LogP contribution in [0.1, 0.15) is 16.8 Å². The van der Waals surface area contributed by atoms with Crippen LogP contribution in [0.2, 0.25) is 0 Å². The molecule has 0 radical (unpaired) electrons. The lowest BCUT2D eigenvalue weighted by Crippen LogP contribution is -2.33. The van der Waals surface area contributed by atoms with Crippen LogP contribution in [-0.2, 0) is 9.84 Å². The molecule has 7 nitrogen and oxygen atoms in total. The van der Waals surface area contributed by atoms with Crippen LogP contribution in [0.15, 0.2) is 24.3 Å². The number of carbonyl (C=O) groups excluding carboxylic acids is 1. The third-order valence-electron chi connectivity index (χ3n) is 3.27. The molecule has 1 aromatic carbocycles. The van der Waals surface area contributed by atoms with Gasteiger partial charge in [-0.2, -0.15) is 0 Å². The summed E-state index contributed by atoms with van der Waals surface area (Å²) in [6.07, 6.45) is 0.565. The molecule has 1 saturated heterocycles. The number of carbonyl (C=O) groups is 2. The Labute approximate surface area is 122 Å². The molecule has 1 heterocycles. The van der Waals surface area contributed by atoms with E-state index >= 15 is 0 Å². The Bertz CT molecular complexity index is 639. The normalized spacial score (nSPS) is 19.9. The average molecular weight is 312 g/mol. The van der Waals surface area contributed by atoms with E-state index in [1.165, 1.54) is 24.3 Å². The summed E-state index contributed by atoms with van der Waals surface area (Å²) < 4.78 is 22.6. The predicted octanol–water partition coefficient (Wildman–Crippen LogP) is 0.941. The molecule has 1 aromatic rings. The molecule has 0 aliphatic carbocycles. The van der Waals surface area contributed by atoms with Gasteiger partial charge in [0, 0.05) is 12.2 Å². The Balaban J connectivity index is 1.81. The van der Waals surface area contributed by atoms with Gasteiger partial charge in [0.1, 0.15) is 0 Å². The van der Waals surface area contributed by atoms with E-state index in [2.05, 4.69) is 10.6 Å². The first-order valence-electron chi connectivity index (χ1n) is 6.44. The summed E-state index contributed by atoms with van der Waals surface area (Å²) in [5.41, 5.74) is 0.605. The maximum atomic E-state index is 11.7. The van der Waals surface area contributed by atoms with Crippen molar-refractivity contribution in [2.45, 2.75) is 6.42 Å². The second-order valence-electron chi connectivity index (χ2n) is 4.99. The van der Waals surface area contributed by atoms with E-state index in [0.717, 1.165) is 0 Å². The van der Waals surface area contributed by atoms with Gasteiger partial charge in [0.25, 0.3) is 0 Å². The number of hydrogen-bond donors (Lipinski definition) is 3. The van der Waals surface area contributed by atoms with E-state index in [1.54, 1.807) is 0 Å². The van der Waals surface area contributed by atoms with E-state index in [4.69, 9.17) is 5.11 Å². The lowest BCUT2D eigenvalue weighted by molar-refractivity contribution is 0.0697. The Hall–Kier alpha value is -2.09. The summed E-state index contributed by atoms with van der Waals surface area (Å²) in [7, 11) is -2.94. The summed E-state index contributed by atoms with van der Waals surface area (Å²) >= 11 is 0. The maximum absolute atomic E-state index is 11.7. The predicted molar refractivity (Wildman–Crippen MR) is 77.2 cm³/mol. The number of amides is 2. The molecule has 1 atom stereocenters. The van der Waals surface area contributed by atoms with Crippen LogP contribution in [0.3, 0.4) is 0 Å². The molecule has 1 aliphatic heterocycles. The highest BCUT2D eigenvalue weighted by Crippen LogP contribution is 2.17. The van der Waals surface area contributed by atoms with Crippen LogP contribution in [0.25, 0.3) is 0 Å². The topological polar surface area (TPSA) is 113 Å². The highest BCUT2D eigenvalue weighted by Gasteiger charge is 2.27. The molecule has 0 aromatic heterocycles. The average Bonchev–Trinajstić information content (AvgIpc) is 2.77. The molecule has 0 saturated carbocycles. The Morgan fingerprint density at radius 3 is 2.43 bits per heavy atom. The van der Waals surface area contributed by atoms with Crippen LogP contribution >= 0.6 is 0 Å². The Morgan fingerprint density at radius 1 is 1.24 bits per heavy atom. The van der Waals surface area contributed by atoms with Crippen LogP contribution in [-0.4, -0.2) is 43.6 Å². The lowest BCUT2D eigenvalue weighted by Gasteiger charge is -2.11. The number of aromatic carboxylic acids is 1. The highest BCUT2D eigenvalue weighted by molar-refractivity contribution is 7.91. The Kier molecular flexibility index (Phi) is 4.46. The fourth-order valence-corrected chi connectivity index (χ4v) is 4.00. The van der Waals surface area contributed by atoms with Crippen molar-refractivity contribution >= 4 is 27.5 Å². The summed E-state index contributed by atoms with van der Waals surface area (Å²) in [6.45, 7) is 0.304. The molecule has 1 aliphatic rings. The molecule has 0 bridgehead atoms. The van der Waals surface area contributed by atoms with Crippen molar-refractivity contribution in [3.8, 4) is 0 Å². The van der Waals surface area contributed by atoms with Gasteiger partial charge in [-0.25, -0.2) is 18.0 Å². The zero-order chi connectivity index (χ0) is 15.5. The number of benzene rings is 1. The molecule has 0 spiro atoms. The fraction of sp³-hybridized carbons (Fsp3) is 0.385. The minimum Gasteiger partial charge on any atom is -0.478 e. The molecular formula is C13H16N2O5S. The van der Waals surface area contributed by atoms with Crippen LogP contribution < -0.4 is 10.6 Å². The quantitative estimate of drug-likeness (QED) is 0.766. The van der Waals surface area contributed by atoms with Crippen molar-refractivity contribution < 1.29 is 23.1 Å². The van der Waals surface area contributed by atoms with Crippen molar-refractivity contribution in [1.82, 2.24) is 5.32 Å². The van der Waals surface area contributed by atoms with Gasteiger partial charge in [0.05, 0.1) is 17.1 Å². The number of nitrogens with one attached hydrogen (secondary N) is 2. The molecular weight excluding hydrogens is 296 g/mol. The molecule has 114 valence electrons. The van der Waals surface area contributed by atoms with E-state index in [0.29, 0.717) is 18.7 Å². The number of sulfone groups is 1. The van der Waals surface area contributed by atoms with Crippen LogP contribution in [0.4, 0.5) is 10.5 Å². The van der Waals surface area contributed by atoms with Gasteiger partial charge >= 0.3 is 12.0 Å². The van der Waals surface area contributed by atoms with E-state index in [9.17, 15) is 18.0 Å². The molecule has 21 heavy (non-hydrogen) atoms. The standard InChI is InChI=1S/C13H16N2O5S/c16-12(17)10-1-3-11(4-2-10)15-13(18)14-7-9-5-6-21(19,20)8-9/h1-4,9H,5-8H2,(H,16,17)(H2,14,15,18). The number of carboxylic acid groups (broad SMARTS) is 1. The van der Waals surface area contributed by atoms with Crippen molar-refractivity contribution in [3.63, 3.8) is 0 Å². The summed E-state index contributed by atoms with van der Waals surface area (Å²) in [5, 5.41) is 13.9. The van der Waals surface area contributed by atoms with Crippen molar-refractivity contribution in [2.75, 3.05) is 23.4 Å². The van der Waals surface area contributed by atoms with Crippen molar-refractivity contribution in [2.24, 2.45) is 5.92 Å². The number of urea groups is 1. The van der Waals surface area contributed by atoms with Crippen molar-refractivity contribution in [1.29, 1.82) is 0 Å². The lowest BCUT2D eigenvalue weighted by atomic mass is 10.1. The number of hydrogen-bond acceptors (Lipinski definition) is 4. The van der Waals surface area contributed by atoms with Gasteiger partial charge in [-0.1, -0.05) is 0 Å². The SMILES string of the molecule is O=C(NCC1CCS(=O)(=O)C1)Nc1ccc(C(=O)O)cc1. The minimum absolute atomic E-state index is 0.0462. The van der Waals surface area contributed by atoms with Gasteiger partial charge in [-0.05, 0) is 36.6 Å². The maximum Gasteiger partial charge on any atom is 0.335 e. The van der Waals surface area contributed by atoms with Gasteiger partial charge in [0.15, 0.2) is 9.84 Å². The zero-order valence-electron chi connectivity index (χ0n) is 11.2. The van der Waals surface area contributed by atoms with Gasteiger partial charge < -0.3 is 15.7 Å². The molecule has 8 heteroatoms. The summed E-state index contributed by atoms with van der Waals surface area (Å²) in [4.78, 5) is 22.3. The minimum atomic E-state index is -2.94. The van der Waals surface area contributed by atoms with Gasteiger partial charge in [0.2, 0.25) is 0 Å². The molecule has 2 amide bonds. The zero-order valence-corrected chi connectivity index (χ0v) is 12.0. The van der Waals surface area contributed by atoms with E-state index < -0.39 is 21.8 Å². The summed E-state index contributed by atoms with van der Waals surface area (Å²) in [5.74, 6) is -0.790. The second-order valence-corrected chi connectivity index (χ2v) is 7.22. The van der Waals surface area contributed by atoms with Gasteiger partial charge in [-0.3, -0.25) is 0 Å². The van der Waals surface area contributed by atoms with Crippen LogP contribution in [0.5, 0.6) is 0 Å². The summed E-state index contributed by atoms with van der Waals surface area (Å²) in [6, 6.07) is 5.32. The van der Waals surface area contributed by atoms with E-state index in [-0.39, 0.29) is 23.0 Å². The van der Waals surface area contributed by atoms with Gasteiger partial charge in [-0.15, -0.1) is 0 Å². The first kappa shape index (κ1) is 15.3.